The fourth-order valence-corrected chi connectivity index (χ4v) is 6.73. The van der Waals surface area contributed by atoms with Crippen LogP contribution in [0.2, 0.25) is 0 Å². The van der Waals surface area contributed by atoms with E-state index in [-0.39, 0.29) is 5.82 Å². The van der Waals surface area contributed by atoms with Crippen LogP contribution in [-0.2, 0) is 32.1 Å². The normalized spacial score (nSPS) is 14.7. The van der Waals surface area contributed by atoms with Crippen LogP contribution in [0.25, 0.3) is 0 Å². The zero-order valence-electron chi connectivity index (χ0n) is 26.7. The Balaban J connectivity index is 1.17. The van der Waals surface area contributed by atoms with Gasteiger partial charge in [0, 0.05) is 0 Å². The molecular weight excluding hydrogens is 513 g/mol. The number of likely N-dealkylation sites (tertiary alicyclic amines) is 1. The van der Waals surface area contributed by atoms with Crippen molar-refractivity contribution < 1.29 is 4.39 Å². The monoisotopic (exact) mass is 569 g/mol. The summed E-state index contributed by atoms with van der Waals surface area (Å²) in [6.45, 7) is 8.65. The minimum Gasteiger partial charge on any atom is -0.303 e. The Morgan fingerprint density at radius 3 is 1.86 bits per heavy atom. The van der Waals surface area contributed by atoms with E-state index in [0.29, 0.717) is 5.92 Å². The third kappa shape index (κ3) is 11.3. The number of benzene rings is 3. The molecule has 1 nitrogen and oxygen atoms in total. The first-order valence-corrected chi connectivity index (χ1v) is 17.3. The lowest BCUT2D eigenvalue weighted by molar-refractivity contribution is 0.224. The van der Waals surface area contributed by atoms with Crippen molar-refractivity contribution in [3.8, 4) is 0 Å². The summed E-state index contributed by atoms with van der Waals surface area (Å²) >= 11 is 0. The molecule has 1 atom stereocenters. The van der Waals surface area contributed by atoms with Crippen LogP contribution in [0.3, 0.4) is 0 Å². The molecule has 42 heavy (non-hydrogen) atoms. The predicted octanol–water partition coefficient (Wildman–Crippen LogP) is 10.7. The molecule has 1 heterocycles. The topological polar surface area (TPSA) is 3.24 Å². The quantitative estimate of drug-likeness (QED) is 0.138. The van der Waals surface area contributed by atoms with Crippen molar-refractivity contribution in [3.05, 3.63) is 106 Å². The Morgan fingerprint density at radius 1 is 0.619 bits per heavy atom. The summed E-state index contributed by atoms with van der Waals surface area (Å²) in [4.78, 5) is 2.67. The van der Waals surface area contributed by atoms with Gasteiger partial charge in [-0.05, 0) is 142 Å². The van der Waals surface area contributed by atoms with Crippen molar-refractivity contribution in [1.29, 1.82) is 0 Å². The van der Waals surface area contributed by atoms with E-state index >= 15 is 0 Å². The molecule has 0 saturated carbocycles. The van der Waals surface area contributed by atoms with Gasteiger partial charge in [0.05, 0.1) is 0 Å². The Morgan fingerprint density at radius 2 is 1.17 bits per heavy atom. The van der Waals surface area contributed by atoms with Crippen LogP contribution in [0.15, 0.2) is 66.7 Å². The van der Waals surface area contributed by atoms with Crippen LogP contribution in [-0.4, -0.2) is 24.5 Å². The Bertz CT molecular complexity index is 1140. The molecule has 1 unspecified atom stereocenters. The first-order valence-electron chi connectivity index (χ1n) is 17.3. The number of nitrogens with zero attached hydrogens (tertiary/aromatic N) is 1. The molecule has 0 bridgehead atoms. The maximum Gasteiger partial charge on any atom is 0.123 e. The number of unbranched alkanes of at least 4 members (excludes halogenated alkanes) is 6. The predicted molar refractivity (Wildman–Crippen MR) is 179 cm³/mol. The molecule has 1 aliphatic heterocycles. The van der Waals surface area contributed by atoms with E-state index in [1.807, 2.05) is 12.1 Å². The van der Waals surface area contributed by atoms with Crippen LogP contribution in [0.4, 0.5) is 4.39 Å². The van der Waals surface area contributed by atoms with Gasteiger partial charge >= 0.3 is 0 Å². The molecule has 0 spiro atoms. The number of hydrogen-bond acceptors (Lipinski definition) is 1. The van der Waals surface area contributed by atoms with Gasteiger partial charge in [-0.25, -0.2) is 4.39 Å². The average molecular weight is 570 g/mol. The van der Waals surface area contributed by atoms with Gasteiger partial charge in [0.2, 0.25) is 0 Å². The fraction of sp³-hybridized carbons (Fsp3) is 0.550. The van der Waals surface area contributed by atoms with Crippen LogP contribution in [0.5, 0.6) is 0 Å². The largest absolute Gasteiger partial charge is 0.303 e. The van der Waals surface area contributed by atoms with Crippen LogP contribution in [0, 0.1) is 5.82 Å². The van der Waals surface area contributed by atoms with Crippen molar-refractivity contribution in [2.45, 2.75) is 122 Å². The summed E-state index contributed by atoms with van der Waals surface area (Å²) in [5.74, 6) is 0.368. The molecule has 1 saturated heterocycles. The van der Waals surface area contributed by atoms with Crippen molar-refractivity contribution in [2.24, 2.45) is 0 Å². The van der Waals surface area contributed by atoms with Gasteiger partial charge < -0.3 is 4.90 Å². The standard InChI is InChI=1S/C40H56FN/c1-3-34-24-27-40(38(32-34)17-11-7-10-16-36-22-25-39(41)26-23-36)33(2)31-37-20-18-35(19-21-37)15-9-5-4-6-12-28-42-29-13-8-14-30-42/h18-27,32-33H,3-17,28-31H2,1-2H3. The van der Waals surface area contributed by atoms with Gasteiger partial charge in [-0.2, -0.15) is 0 Å². The molecule has 4 rings (SSSR count). The Labute approximate surface area is 256 Å². The summed E-state index contributed by atoms with van der Waals surface area (Å²) in [6, 6.07) is 23.7. The molecule has 0 amide bonds. The van der Waals surface area contributed by atoms with Crippen LogP contribution in [0.1, 0.15) is 124 Å². The molecule has 228 valence electrons. The van der Waals surface area contributed by atoms with E-state index in [2.05, 4.69) is 61.2 Å². The molecule has 0 aliphatic carbocycles. The van der Waals surface area contributed by atoms with E-state index in [9.17, 15) is 4.39 Å². The molecule has 0 N–H and O–H groups in total. The third-order valence-electron chi connectivity index (χ3n) is 9.42. The number of hydrogen-bond donors (Lipinski definition) is 0. The maximum absolute atomic E-state index is 13.2. The second-order valence-corrected chi connectivity index (χ2v) is 12.9. The van der Waals surface area contributed by atoms with E-state index in [4.69, 9.17) is 0 Å². The summed E-state index contributed by atoms with van der Waals surface area (Å²) in [7, 11) is 0. The Kier molecular flexibility index (Phi) is 14.1. The van der Waals surface area contributed by atoms with E-state index in [1.54, 1.807) is 12.1 Å². The molecule has 3 aromatic carbocycles. The summed E-state index contributed by atoms with van der Waals surface area (Å²) < 4.78 is 13.2. The van der Waals surface area contributed by atoms with E-state index in [1.165, 1.54) is 124 Å². The summed E-state index contributed by atoms with van der Waals surface area (Å²) in [5.41, 5.74) is 8.69. The van der Waals surface area contributed by atoms with Gasteiger partial charge in [-0.15, -0.1) is 0 Å². The van der Waals surface area contributed by atoms with Gasteiger partial charge in [0.25, 0.3) is 0 Å². The zero-order valence-corrected chi connectivity index (χ0v) is 26.7. The molecule has 3 aromatic rings. The van der Waals surface area contributed by atoms with Crippen molar-refractivity contribution in [2.75, 3.05) is 19.6 Å². The second-order valence-electron chi connectivity index (χ2n) is 12.9. The van der Waals surface area contributed by atoms with Crippen molar-refractivity contribution >= 4 is 0 Å². The molecule has 2 heteroatoms. The van der Waals surface area contributed by atoms with Gasteiger partial charge in [-0.3, -0.25) is 0 Å². The minimum atomic E-state index is -0.147. The highest BCUT2D eigenvalue weighted by Gasteiger charge is 2.13. The molecule has 1 aliphatic rings. The summed E-state index contributed by atoms with van der Waals surface area (Å²) in [5, 5.41) is 0. The third-order valence-corrected chi connectivity index (χ3v) is 9.42. The lowest BCUT2D eigenvalue weighted by Gasteiger charge is -2.26. The average Bonchev–Trinajstić information content (AvgIpc) is 3.02. The zero-order chi connectivity index (χ0) is 29.4. The number of rotatable bonds is 18. The highest BCUT2D eigenvalue weighted by Crippen LogP contribution is 2.27. The van der Waals surface area contributed by atoms with Crippen molar-refractivity contribution in [1.82, 2.24) is 4.90 Å². The van der Waals surface area contributed by atoms with Gasteiger partial charge in [0.1, 0.15) is 5.82 Å². The van der Waals surface area contributed by atoms with Crippen LogP contribution >= 0.6 is 0 Å². The van der Waals surface area contributed by atoms with E-state index in [0.717, 1.165) is 32.1 Å². The SMILES string of the molecule is CCc1ccc(C(C)Cc2ccc(CCCCCCCN3CCCCC3)cc2)c(CCCCCc2ccc(F)cc2)c1. The number of halogens is 1. The smallest absolute Gasteiger partial charge is 0.123 e. The number of aryl methyl sites for hydroxylation is 4. The number of piperidine rings is 1. The second kappa shape index (κ2) is 18.3. The molecule has 0 aromatic heterocycles. The molecular formula is C40H56FN. The molecule has 1 fully saturated rings. The Hall–Kier alpha value is -2.45. The van der Waals surface area contributed by atoms with Crippen molar-refractivity contribution in [3.63, 3.8) is 0 Å². The maximum atomic E-state index is 13.2. The lowest BCUT2D eigenvalue weighted by Crippen LogP contribution is -2.30. The molecule has 0 radical (unpaired) electrons. The summed E-state index contributed by atoms with van der Waals surface area (Å²) in [6.07, 6.45) is 20.3. The van der Waals surface area contributed by atoms with Gasteiger partial charge in [-0.1, -0.05) is 101 Å². The van der Waals surface area contributed by atoms with Crippen LogP contribution < -0.4 is 0 Å². The highest BCUT2D eigenvalue weighted by molar-refractivity contribution is 5.36. The first kappa shape index (κ1) is 32.5. The first-order chi connectivity index (χ1) is 20.6. The lowest BCUT2D eigenvalue weighted by atomic mass is 9.87. The highest BCUT2D eigenvalue weighted by atomic mass is 19.1. The van der Waals surface area contributed by atoms with Gasteiger partial charge in [0.15, 0.2) is 0 Å². The fourth-order valence-electron chi connectivity index (χ4n) is 6.73. The minimum absolute atomic E-state index is 0.147. The van der Waals surface area contributed by atoms with E-state index < -0.39 is 0 Å².